The van der Waals surface area contributed by atoms with Crippen LogP contribution in [0.15, 0.2) is 60.0 Å². The van der Waals surface area contributed by atoms with Gasteiger partial charge in [0, 0.05) is 17.6 Å². The van der Waals surface area contributed by atoms with Gasteiger partial charge in [-0.2, -0.15) is 0 Å². The largest absolute Gasteiger partial charge is 0.456 e. The van der Waals surface area contributed by atoms with Crippen molar-refractivity contribution in [1.29, 1.82) is 0 Å². The van der Waals surface area contributed by atoms with Gasteiger partial charge in [-0.05, 0) is 49.1 Å². The van der Waals surface area contributed by atoms with Gasteiger partial charge in [0.15, 0.2) is 0 Å². The molecule has 2 aromatic carbocycles. The molecule has 4 N–H and O–H groups in total. The van der Waals surface area contributed by atoms with Crippen LogP contribution in [0, 0.1) is 5.92 Å². The van der Waals surface area contributed by atoms with E-state index in [2.05, 4.69) is 22.5 Å². The molecule has 0 spiro atoms. The molecule has 1 heterocycles. The van der Waals surface area contributed by atoms with Gasteiger partial charge < -0.3 is 21.1 Å². The van der Waals surface area contributed by atoms with Gasteiger partial charge in [0.2, 0.25) is 5.91 Å². The Kier molecular flexibility index (Phi) is 11.6. The molecule has 0 radical (unpaired) electrons. The van der Waals surface area contributed by atoms with Crippen molar-refractivity contribution in [3.8, 4) is 0 Å². The Bertz CT molecular complexity index is 1100. The number of nitrogen functional groups attached to an aromatic ring is 1. The summed E-state index contributed by atoms with van der Waals surface area (Å²) in [6, 6.07) is 17.7. The van der Waals surface area contributed by atoms with E-state index in [1.54, 1.807) is 5.38 Å². The number of rotatable bonds is 15. The highest BCUT2D eigenvalue weighted by atomic mass is 32.1. The van der Waals surface area contributed by atoms with Crippen molar-refractivity contribution in [2.45, 2.75) is 58.5 Å². The van der Waals surface area contributed by atoms with Crippen LogP contribution in [0.25, 0.3) is 0 Å². The van der Waals surface area contributed by atoms with Gasteiger partial charge in [0.1, 0.15) is 16.9 Å². The average Bonchev–Trinajstić information content (AvgIpc) is 3.31. The quantitative estimate of drug-likeness (QED) is 0.179. The zero-order chi connectivity index (χ0) is 26.5. The molecule has 2 atom stereocenters. The zero-order valence-electron chi connectivity index (χ0n) is 21.7. The molecule has 0 aliphatic carbocycles. The number of ether oxygens (including phenoxy) is 1. The number of unbranched alkanes of at least 4 members (excludes halogenated alkanes) is 1. The third-order valence-electron chi connectivity index (χ3n) is 6.20. The smallest absolute Gasteiger partial charge is 0.309 e. The van der Waals surface area contributed by atoms with Crippen LogP contribution >= 0.6 is 11.3 Å². The van der Waals surface area contributed by atoms with Crippen molar-refractivity contribution in [3.63, 3.8) is 0 Å². The Balaban J connectivity index is 1.47. The molecular weight excluding hydrogens is 484 g/mol. The normalized spacial score (nSPS) is 12.6. The topological polar surface area (TPSA) is 106 Å². The predicted octanol–water partition coefficient (Wildman–Crippen LogP) is 5.54. The molecule has 8 heteroatoms. The van der Waals surface area contributed by atoms with Crippen molar-refractivity contribution in [3.05, 3.63) is 76.1 Å². The minimum atomic E-state index is -0.324. The van der Waals surface area contributed by atoms with E-state index in [9.17, 15) is 9.59 Å². The summed E-state index contributed by atoms with van der Waals surface area (Å²) in [5.74, 6) is 0.161. The van der Waals surface area contributed by atoms with Crippen molar-refractivity contribution in [2.75, 3.05) is 24.1 Å². The number of nitrogens with one attached hydrogen (secondary N) is 2. The summed E-state index contributed by atoms with van der Waals surface area (Å²) < 4.78 is 5.98. The Hall–Kier alpha value is -3.23. The van der Waals surface area contributed by atoms with Crippen LogP contribution in [0.1, 0.15) is 61.8 Å². The molecule has 0 saturated heterocycles. The molecule has 0 fully saturated rings. The van der Waals surface area contributed by atoms with Crippen LogP contribution in [-0.4, -0.2) is 29.9 Å². The van der Waals surface area contributed by atoms with Crippen LogP contribution in [0.5, 0.6) is 0 Å². The number of thiazole rings is 1. The fourth-order valence-electron chi connectivity index (χ4n) is 4.04. The average molecular weight is 523 g/mol. The number of esters is 1. The van der Waals surface area contributed by atoms with Crippen LogP contribution in [0.2, 0.25) is 0 Å². The first-order valence-corrected chi connectivity index (χ1v) is 13.9. The maximum Gasteiger partial charge on any atom is 0.309 e. The van der Waals surface area contributed by atoms with E-state index in [0.717, 1.165) is 55.5 Å². The molecular formula is C29H38N4O3S. The van der Waals surface area contributed by atoms with Crippen LogP contribution < -0.4 is 16.4 Å². The van der Waals surface area contributed by atoms with Crippen molar-refractivity contribution in [2.24, 2.45) is 5.92 Å². The summed E-state index contributed by atoms with van der Waals surface area (Å²) in [4.78, 5) is 29.2. The number of carbonyl (C=O) groups is 2. The van der Waals surface area contributed by atoms with Gasteiger partial charge in [-0.25, -0.2) is 4.98 Å². The Morgan fingerprint density at radius 3 is 2.49 bits per heavy atom. The summed E-state index contributed by atoms with van der Waals surface area (Å²) in [7, 11) is 0. The highest BCUT2D eigenvalue weighted by Crippen LogP contribution is 2.22. The molecule has 0 saturated carbocycles. The van der Waals surface area contributed by atoms with Crippen LogP contribution in [0.3, 0.4) is 0 Å². The van der Waals surface area contributed by atoms with Crippen LogP contribution in [-0.2, 0) is 27.2 Å². The van der Waals surface area contributed by atoms with Gasteiger partial charge >= 0.3 is 5.97 Å². The van der Waals surface area contributed by atoms with Crippen LogP contribution in [0.4, 0.5) is 11.5 Å². The third kappa shape index (κ3) is 9.63. The number of benzene rings is 2. The van der Waals surface area contributed by atoms with Gasteiger partial charge in [0.05, 0.1) is 12.3 Å². The van der Waals surface area contributed by atoms with Gasteiger partial charge in [-0.3, -0.25) is 9.59 Å². The molecule has 7 nitrogen and oxygen atoms in total. The van der Waals surface area contributed by atoms with Gasteiger partial charge in [0.25, 0.3) is 0 Å². The number of carbonyl (C=O) groups excluding carboxylic acids is 2. The third-order valence-corrected chi connectivity index (χ3v) is 7.07. The van der Waals surface area contributed by atoms with E-state index < -0.39 is 0 Å². The van der Waals surface area contributed by atoms with E-state index in [-0.39, 0.29) is 30.3 Å². The van der Waals surface area contributed by atoms with Crippen molar-refractivity contribution < 1.29 is 14.3 Å². The van der Waals surface area contributed by atoms with Crippen molar-refractivity contribution >= 4 is 34.7 Å². The number of amides is 1. The summed E-state index contributed by atoms with van der Waals surface area (Å²) in [5, 5.41) is 8.77. The highest BCUT2D eigenvalue weighted by molar-refractivity contribution is 7.10. The Morgan fingerprint density at radius 1 is 1.08 bits per heavy atom. The van der Waals surface area contributed by atoms with E-state index in [1.165, 1.54) is 11.3 Å². The van der Waals surface area contributed by atoms with Crippen molar-refractivity contribution in [1.82, 2.24) is 10.3 Å². The second-order valence-corrected chi connectivity index (χ2v) is 10.1. The molecule has 37 heavy (non-hydrogen) atoms. The fourth-order valence-corrected chi connectivity index (χ4v) is 4.72. The number of nitrogens with two attached hydrogens (primary N) is 1. The summed E-state index contributed by atoms with van der Waals surface area (Å²) in [6.07, 6.45) is 4.47. The SMILES string of the molecule is CCCCC(CC)C(=O)O[C@@H](CNCCc1ccc(NC(=O)Cc2nc(N)cs2)cc1)c1ccccc1. The monoisotopic (exact) mass is 522 g/mol. The lowest BCUT2D eigenvalue weighted by molar-refractivity contribution is -0.154. The molecule has 0 aliphatic rings. The van der Waals surface area contributed by atoms with E-state index in [4.69, 9.17) is 10.5 Å². The summed E-state index contributed by atoms with van der Waals surface area (Å²) in [6.45, 7) is 5.48. The predicted molar refractivity (Wildman–Crippen MR) is 150 cm³/mol. The lowest BCUT2D eigenvalue weighted by atomic mass is 9.99. The number of hydrogen-bond acceptors (Lipinski definition) is 7. The standard InChI is InChI=1S/C29H38N4O3S/c1-3-5-9-22(4-2)29(35)36-25(23-10-7-6-8-11-23)19-31-17-16-21-12-14-24(15-13-21)32-27(34)18-28-33-26(30)20-37-28/h6-8,10-15,20,22,25,31H,3-5,9,16-19,30H2,1-2H3,(H,32,34)/t22?,25-/m0/s1. The minimum Gasteiger partial charge on any atom is -0.456 e. The first-order valence-electron chi connectivity index (χ1n) is 13.0. The summed E-state index contributed by atoms with van der Waals surface area (Å²) >= 11 is 1.38. The lowest BCUT2D eigenvalue weighted by Gasteiger charge is -2.22. The molecule has 1 amide bonds. The first kappa shape index (κ1) is 28.3. The lowest BCUT2D eigenvalue weighted by Crippen LogP contribution is -2.29. The second kappa shape index (κ2) is 15.1. The van der Waals surface area contributed by atoms with E-state index in [1.807, 2.05) is 61.5 Å². The maximum atomic E-state index is 12.8. The number of aromatic nitrogens is 1. The maximum absolute atomic E-state index is 12.8. The second-order valence-electron chi connectivity index (χ2n) is 9.13. The van der Waals surface area contributed by atoms with E-state index >= 15 is 0 Å². The number of anilines is 2. The fraction of sp³-hybridized carbons (Fsp3) is 0.414. The Labute approximate surface area is 223 Å². The van der Waals surface area contributed by atoms with Gasteiger partial charge in [-0.15, -0.1) is 11.3 Å². The first-order chi connectivity index (χ1) is 18.0. The molecule has 3 aromatic rings. The highest BCUT2D eigenvalue weighted by Gasteiger charge is 2.22. The van der Waals surface area contributed by atoms with Gasteiger partial charge in [-0.1, -0.05) is 69.2 Å². The molecule has 3 rings (SSSR count). The molecule has 0 bridgehead atoms. The molecule has 1 unspecified atom stereocenters. The molecule has 198 valence electrons. The zero-order valence-corrected chi connectivity index (χ0v) is 22.6. The molecule has 1 aromatic heterocycles. The summed E-state index contributed by atoms with van der Waals surface area (Å²) in [5.41, 5.74) is 8.51. The number of nitrogens with zero attached hydrogens (tertiary/aromatic N) is 1. The number of hydrogen-bond donors (Lipinski definition) is 3. The molecule has 0 aliphatic heterocycles. The van der Waals surface area contributed by atoms with E-state index in [0.29, 0.717) is 17.4 Å². The minimum absolute atomic E-state index is 0.0510. The Morgan fingerprint density at radius 2 is 1.84 bits per heavy atom.